The second-order valence-corrected chi connectivity index (χ2v) is 6.52. The van der Waals surface area contributed by atoms with Crippen molar-refractivity contribution >= 4 is 0 Å². The van der Waals surface area contributed by atoms with E-state index >= 15 is 0 Å². The highest BCUT2D eigenvalue weighted by Crippen LogP contribution is 2.34. The van der Waals surface area contributed by atoms with Crippen LogP contribution in [0.5, 0.6) is 0 Å². The van der Waals surface area contributed by atoms with Crippen LogP contribution in [-0.4, -0.2) is 16.5 Å². The van der Waals surface area contributed by atoms with E-state index in [1.807, 2.05) is 6.20 Å². The van der Waals surface area contributed by atoms with Crippen molar-refractivity contribution in [2.24, 2.45) is 5.92 Å². The lowest BCUT2D eigenvalue weighted by molar-refractivity contribution is 0.265. The van der Waals surface area contributed by atoms with Crippen molar-refractivity contribution in [1.82, 2.24) is 15.3 Å². The Labute approximate surface area is 137 Å². The summed E-state index contributed by atoms with van der Waals surface area (Å²) in [4.78, 5) is 8.09. The van der Waals surface area contributed by atoms with Gasteiger partial charge >= 0.3 is 0 Å². The second kappa shape index (κ2) is 7.73. The van der Waals surface area contributed by atoms with Crippen LogP contribution in [0.25, 0.3) is 11.3 Å². The first-order valence-corrected chi connectivity index (χ1v) is 8.82. The Morgan fingerprint density at radius 3 is 2.65 bits per heavy atom. The van der Waals surface area contributed by atoms with E-state index in [-0.39, 0.29) is 5.82 Å². The van der Waals surface area contributed by atoms with E-state index in [9.17, 15) is 4.39 Å². The monoisotopic (exact) mass is 315 g/mol. The smallest absolute Gasteiger partial charge is 0.123 e. The van der Waals surface area contributed by atoms with E-state index < -0.39 is 0 Å². The van der Waals surface area contributed by atoms with Crippen LogP contribution >= 0.6 is 0 Å². The highest BCUT2D eigenvalue weighted by Gasteiger charge is 2.26. The van der Waals surface area contributed by atoms with Gasteiger partial charge in [-0.3, -0.25) is 0 Å². The van der Waals surface area contributed by atoms with Crippen LogP contribution in [0.3, 0.4) is 0 Å². The third kappa shape index (κ3) is 3.99. The van der Waals surface area contributed by atoms with Gasteiger partial charge in [-0.15, -0.1) is 0 Å². The van der Waals surface area contributed by atoms with Gasteiger partial charge in [0.25, 0.3) is 0 Å². The summed E-state index contributed by atoms with van der Waals surface area (Å²) in [7, 11) is 0. The summed E-state index contributed by atoms with van der Waals surface area (Å²) in [6.07, 6.45) is 9.53. The minimum Gasteiger partial charge on any atom is -0.341 e. The quantitative estimate of drug-likeness (QED) is 0.801. The summed E-state index contributed by atoms with van der Waals surface area (Å²) in [5, 5.41) is 3.68. The van der Waals surface area contributed by atoms with Crippen molar-refractivity contribution in [2.45, 2.75) is 51.5 Å². The lowest BCUT2D eigenvalue weighted by Crippen LogP contribution is -2.31. The van der Waals surface area contributed by atoms with Crippen LogP contribution < -0.4 is 5.32 Å². The van der Waals surface area contributed by atoms with Crippen LogP contribution in [0.4, 0.5) is 4.39 Å². The molecule has 1 fully saturated rings. The maximum absolute atomic E-state index is 13.1. The van der Waals surface area contributed by atoms with E-state index in [1.165, 1.54) is 44.2 Å². The van der Waals surface area contributed by atoms with Gasteiger partial charge in [0.1, 0.15) is 11.6 Å². The molecule has 2 N–H and O–H groups in total. The van der Waals surface area contributed by atoms with Crippen molar-refractivity contribution in [1.29, 1.82) is 0 Å². The molecule has 1 aromatic heterocycles. The molecule has 0 amide bonds. The molecule has 1 aliphatic rings. The summed E-state index contributed by atoms with van der Waals surface area (Å²) in [6.45, 7) is 3.20. The molecule has 0 spiro atoms. The fourth-order valence-electron chi connectivity index (χ4n) is 3.52. The molecule has 0 saturated heterocycles. The largest absolute Gasteiger partial charge is 0.341 e. The van der Waals surface area contributed by atoms with Gasteiger partial charge < -0.3 is 10.3 Å². The first kappa shape index (κ1) is 16.2. The molecule has 2 aromatic rings. The van der Waals surface area contributed by atoms with Crippen molar-refractivity contribution in [3.05, 3.63) is 42.1 Å². The fourth-order valence-corrected chi connectivity index (χ4v) is 3.52. The van der Waals surface area contributed by atoms with Crippen LogP contribution in [0.2, 0.25) is 0 Å². The summed E-state index contributed by atoms with van der Waals surface area (Å²) in [6, 6.07) is 6.86. The van der Waals surface area contributed by atoms with Crippen molar-refractivity contribution in [3.8, 4) is 11.3 Å². The Morgan fingerprint density at radius 2 is 1.96 bits per heavy atom. The predicted octanol–water partition coefficient (Wildman–Crippen LogP) is 4.84. The lowest BCUT2D eigenvalue weighted by Gasteiger charge is -2.29. The third-order valence-corrected chi connectivity index (χ3v) is 4.78. The van der Waals surface area contributed by atoms with E-state index in [1.54, 1.807) is 12.1 Å². The predicted molar refractivity (Wildman–Crippen MR) is 91.6 cm³/mol. The summed E-state index contributed by atoms with van der Waals surface area (Å²) in [5.41, 5.74) is 1.93. The van der Waals surface area contributed by atoms with Crippen molar-refractivity contribution < 1.29 is 4.39 Å². The average molecular weight is 315 g/mol. The highest BCUT2D eigenvalue weighted by molar-refractivity contribution is 5.58. The number of halogens is 1. The third-order valence-electron chi connectivity index (χ3n) is 4.78. The minimum absolute atomic E-state index is 0.210. The fraction of sp³-hybridized carbons (Fsp3) is 0.526. The zero-order valence-electron chi connectivity index (χ0n) is 13.8. The molecule has 1 aromatic carbocycles. The number of H-pyrrole nitrogens is 1. The first-order valence-electron chi connectivity index (χ1n) is 8.82. The van der Waals surface area contributed by atoms with Gasteiger partial charge in [-0.2, -0.15) is 0 Å². The number of hydrogen-bond acceptors (Lipinski definition) is 2. The van der Waals surface area contributed by atoms with Crippen LogP contribution in [0, 0.1) is 11.7 Å². The molecule has 3 nitrogen and oxygen atoms in total. The van der Waals surface area contributed by atoms with Crippen molar-refractivity contribution in [3.63, 3.8) is 0 Å². The molecule has 124 valence electrons. The van der Waals surface area contributed by atoms with Gasteiger partial charge in [0.15, 0.2) is 0 Å². The zero-order valence-corrected chi connectivity index (χ0v) is 13.8. The molecule has 1 atom stereocenters. The zero-order chi connectivity index (χ0) is 16.1. The van der Waals surface area contributed by atoms with Gasteiger partial charge in [-0.25, -0.2) is 9.37 Å². The van der Waals surface area contributed by atoms with E-state index in [0.717, 1.165) is 30.0 Å². The topological polar surface area (TPSA) is 40.7 Å². The molecule has 4 heteroatoms. The summed E-state index contributed by atoms with van der Waals surface area (Å²) in [5.74, 6) is 1.46. The first-order chi connectivity index (χ1) is 11.3. The van der Waals surface area contributed by atoms with Gasteiger partial charge in [-0.1, -0.05) is 26.2 Å². The average Bonchev–Trinajstić information content (AvgIpc) is 3.07. The summed E-state index contributed by atoms with van der Waals surface area (Å²) < 4.78 is 13.1. The van der Waals surface area contributed by atoms with Gasteiger partial charge in [0, 0.05) is 0 Å². The molecule has 0 bridgehead atoms. The Hall–Kier alpha value is -1.68. The van der Waals surface area contributed by atoms with E-state index in [4.69, 9.17) is 0 Å². The standard InChI is InChI=1S/C19H26FN3/c1-2-12-21-18(15-6-4-3-5-7-15)19-22-13-17(23-19)14-8-10-16(20)11-9-14/h8-11,13,15,18,21H,2-7,12H2,1H3,(H,22,23)/t18-/m0/s1. The normalized spacial score (nSPS) is 17.3. The number of nitrogens with one attached hydrogen (secondary N) is 2. The molecule has 1 heterocycles. The molecule has 23 heavy (non-hydrogen) atoms. The maximum atomic E-state index is 13.1. The SMILES string of the molecule is CCCN[C@H](c1ncc(-c2ccc(F)cc2)[nH]1)C1CCCCC1. The van der Waals surface area contributed by atoms with Crippen LogP contribution in [-0.2, 0) is 0 Å². The number of rotatable bonds is 6. The number of nitrogens with zero attached hydrogens (tertiary/aromatic N) is 1. The molecular weight excluding hydrogens is 289 g/mol. The lowest BCUT2D eigenvalue weighted by atomic mass is 9.83. The number of aromatic amines is 1. The number of benzene rings is 1. The van der Waals surface area contributed by atoms with Gasteiger partial charge in [0.2, 0.25) is 0 Å². The molecule has 0 unspecified atom stereocenters. The van der Waals surface area contributed by atoms with Crippen LogP contribution in [0.1, 0.15) is 57.3 Å². The molecule has 0 radical (unpaired) electrons. The molecule has 0 aliphatic heterocycles. The van der Waals surface area contributed by atoms with E-state index in [2.05, 4.69) is 22.2 Å². The molecular formula is C19H26FN3. The molecule has 1 saturated carbocycles. The van der Waals surface area contributed by atoms with Crippen LogP contribution in [0.15, 0.2) is 30.5 Å². The Morgan fingerprint density at radius 1 is 1.22 bits per heavy atom. The number of aromatic nitrogens is 2. The minimum atomic E-state index is -0.210. The summed E-state index contributed by atoms with van der Waals surface area (Å²) >= 11 is 0. The molecule has 3 rings (SSSR count). The van der Waals surface area contributed by atoms with E-state index in [0.29, 0.717) is 12.0 Å². The Kier molecular flexibility index (Phi) is 5.44. The number of hydrogen-bond donors (Lipinski definition) is 2. The van der Waals surface area contributed by atoms with Gasteiger partial charge in [-0.05, 0) is 61.6 Å². The number of imidazole rings is 1. The maximum Gasteiger partial charge on any atom is 0.123 e. The highest BCUT2D eigenvalue weighted by atomic mass is 19.1. The molecule has 1 aliphatic carbocycles. The second-order valence-electron chi connectivity index (χ2n) is 6.52. The van der Waals surface area contributed by atoms with Gasteiger partial charge in [0.05, 0.1) is 17.9 Å². The Bertz CT molecular complexity index is 599. The Balaban J connectivity index is 1.80. The van der Waals surface area contributed by atoms with Crippen molar-refractivity contribution in [2.75, 3.05) is 6.54 Å².